The summed E-state index contributed by atoms with van der Waals surface area (Å²) in [6.45, 7) is 2.13. The van der Waals surface area contributed by atoms with Crippen LogP contribution < -0.4 is 0 Å². The van der Waals surface area contributed by atoms with E-state index in [-0.39, 0.29) is 0 Å². The van der Waals surface area contributed by atoms with E-state index in [9.17, 15) is 0 Å². The van der Waals surface area contributed by atoms with Gasteiger partial charge in [-0.2, -0.15) is 11.2 Å². The molecule has 1 rings (SSSR count). The quantitative estimate of drug-likeness (QED) is 0.624. The van der Waals surface area contributed by atoms with Gasteiger partial charge in [0.05, 0.1) is 0 Å². The summed E-state index contributed by atoms with van der Waals surface area (Å²) >= 11 is 1.84. The van der Waals surface area contributed by atoms with E-state index in [1.54, 1.807) is 0 Å². The van der Waals surface area contributed by atoms with E-state index in [1.807, 2.05) is 11.2 Å². The molecule has 0 nitrogen and oxygen atoms in total. The fourth-order valence-corrected chi connectivity index (χ4v) is 3.22. The lowest BCUT2D eigenvalue weighted by molar-refractivity contribution is 1.31. The van der Waals surface area contributed by atoms with Crippen molar-refractivity contribution in [2.45, 2.75) is 11.8 Å². The Bertz CT molecular complexity index is 213. The SMILES string of the molecule is Cc1ccccc1S[Si][Si]. The molecule has 0 spiro atoms. The number of hydrogen-bond donors (Lipinski definition) is 0. The zero-order valence-electron chi connectivity index (χ0n) is 5.72. The lowest BCUT2D eigenvalue weighted by atomic mass is 10.2. The topological polar surface area (TPSA) is 0 Å². The molecule has 1 aromatic carbocycles. The summed E-state index contributed by atoms with van der Waals surface area (Å²) in [6.07, 6.45) is 0. The zero-order valence-corrected chi connectivity index (χ0v) is 8.53. The van der Waals surface area contributed by atoms with E-state index in [4.69, 9.17) is 0 Å². The van der Waals surface area contributed by atoms with Crippen LogP contribution in [-0.4, -0.2) is 17.9 Å². The summed E-state index contributed by atoms with van der Waals surface area (Å²) in [5, 5.41) is 0. The second kappa shape index (κ2) is 4.00. The van der Waals surface area contributed by atoms with Crippen molar-refractivity contribution in [1.82, 2.24) is 0 Å². The molecule has 0 aliphatic carbocycles. The molecule has 0 aliphatic heterocycles. The Balaban J connectivity index is 2.81. The molecule has 0 aromatic heterocycles. The van der Waals surface area contributed by atoms with Gasteiger partial charge in [-0.15, -0.1) is 0 Å². The van der Waals surface area contributed by atoms with Crippen molar-refractivity contribution >= 4 is 29.2 Å². The smallest absolute Gasteiger partial charge is 0.107 e. The maximum atomic E-state index is 3.46. The van der Waals surface area contributed by atoms with Crippen molar-refractivity contribution in [2.75, 3.05) is 0 Å². The van der Waals surface area contributed by atoms with Crippen molar-refractivity contribution in [1.29, 1.82) is 0 Å². The van der Waals surface area contributed by atoms with Gasteiger partial charge in [0.15, 0.2) is 0 Å². The van der Waals surface area contributed by atoms with Crippen LogP contribution in [0.3, 0.4) is 0 Å². The van der Waals surface area contributed by atoms with Crippen LogP contribution in [0, 0.1) is 6.92 Å². The largest absolute Gasteiger partial charge is 0.160 e. The van der Waals surface area contributed by atoms with Crippen LogP contribution in [0.15, 0.2) is 29.2 Å². The molecule has 0 fully saturated rings. The number of hydrogen-bond acceptors (Lipinski definition) is 1. The van der Waals surface area contributed by atoms with Gasteiger partial charge in [-0.25, -0.2) is 0 Å². The van der Waals surface area contributed by atoms with Crippen LogP contribution in [0.25, 0.3) is 0 Å². The molecule has 0 N–H and O–H groups in total. The minimum Gasteiger partial charge on any atom is -0.160 e. The minimum atomic E-state index is 0.754. The fourth-order valence-electron chi connectivity index (χ4n) is 0.726. The first-order valence-corrected chi connectivity index (χ1v) is 7.03. The van der Waals surface area contributed by atoms with Crippen LogP contribution in [-0.2, 0) is 0 Å². The molecule has 5 radical (unpaired) electrons. The third-order valence-electron chi connectivity index (χ3n) is 1.25. The second-order valence-corrected chi connectivity index (χ2v) is 5.88. The van der Waals surface area contributed by atoms with Gasteiger partial charge in [0.1, 0.15) is 8.19 Å². The molecule has 0 atom stereocenters. The first kappa shape index (κ1) is 8.10. The van der Waals surface area contributed by atoms with Crippen molar-refractivity contribution in [3.8, 4) is 0 Å². The Morgan fingerprint density at radius 3 is 2.70 bits per heavy atom. The predicted molar refractivity (Wildman–Crippen MR) is 48.5 cm³/mol. The molecular weight excluding hydrogens is 172 g/mol. The molecule has 0 amide bonds. The Hall–Kier alpha value is 0.00377. The van der Waals surface area contributed by atoms with Crippen LogP contribution in [0.5, 0.6) is 0 Å². The highest BCUT2D eigenvalue weighted by molar-refractivity contribution is 8.26. The molecule has 0 heterocycles. The number of aryl methyl sites for hydroxylation is 1. The molecule has 0 saturated heterocycles. The molecule has 10 heavy (non-hydrogen) atoms. The Morgan fingerprint density at radius 2 is 2.10 bits per heavy atom. The van der Waals surface area contributed by atoms with E-state index in [0.29, 0.717) is 0 Å². The summed E-state index contributed by atoms with van der Waals surface area (Å²) in [5.74, 6) is 0. The number of benzene rings is 1. The molecule has 1 aromatic rings. The maximum Gasteiger partial charge on any atom is 0.107 e. The lowest BCUT2D eigenvalue weighted by Crippen LogP contribution is -1.83. The van der Waals surface area contributed by atoms with Crippen LogP contribution in [0.1, 0.15) is 5.56 Å². The molecule has 0 aliphatic rings. The highest BCUT2D eigenvalue weighted by Crippen LogP contribution is 2.18. The standard InChI is InChI=1S/C7H7SSi2/c1-6-4-2-3-5-7(6)8-10-9/h2-5H,1H3. The third kappa shape index (κ3) is 2.00. The highest BCUT2D eigenvalue weighted by atomic mass is 32.4. The average molecular weight is 179 g/mol. The van der Waals surface area contributed by atoms with Crippen molar-refractivity contribution in [3.63, 3.8) is 0 Å². The van der Waals surface area contributed by atoms with Crippen molar-refractivity contribution < 1.29 is 0 Å². The van der Waals surface area contributed by atoms with E-state index in [1.165, 1.54) is 10.5 Å². The Labute approximate surface area is 71.1 Å². The minimum absolute atomic E-state index is 0.754. The third-order valence-corrected chi connectivity index (χ3v) is 3.92. The zero-order chi connectivity index (χ0) is 7.40. The predicted octanol–water partition coefficient (Wildman–Crippen LogP) is 1.79. The summed E-state index contributed by atoms with van der Waals surface area (Å²) in [5.41, 5.74) is 1.36. The van der Waals surface area contributed by atoms with E-state index >= 15 is 0 Å². The van der Waals surface area contributed by atoms with Crippen molar-refractivity contribution in [3.05, 3.63) is 29.8 Å². The van der Waals surface area contributed by atoms with Gasteiger partial charge < -0.3 is 0 Å². The van der Waals surface area contributed by atoms with Gasteiger partial charge in [-0.05, 0) is 18.6 Å². The van der Waals surface area contributed by atoms with Crippen LogP contribution in [0.2, 0.25) is 0 Å². The Morgan fingerprint density at radius 1 is 1.40 bits per heavy atom. The lowest BCUT2D eigenvalue weighted by Gasteiger charge is -2.00. The Kier molecular flexibility index (Phi) is 3.24. The summed E-state index contributed by atoms with van der Waals surface area (Å²) in [4.78, 5) is 1.37. The molecule has 49 valence electrons. The van der Waals surface area contributed by atoms with Gasteiger partial charge >= 0.3 is 0 Å². The molecule has 3 heteroatoms. The van der Waals surface area contributed by atoms with Gasteiger partial charge in [0, 0.05) is 14.7 Å². The molecule has 0 saturated carbocycles. The molecule has 0 unspecified atom stereocenters. The molecular formula is C7H7SSi2. The summed E-state index contributed by atoms with van der Waals surface area (Å²) < 4.78 is 0. The maximum absolute atomic E-state index is 3.46. The van der Waals surface area contributed by atoms with Gasteiger partial charge in [0.2, 0.25) is 0 Å². The average Bonchev–Trinajstić information content (AvgIpc) is 1.94. The van der Waals surface area contributed by atoms with Gasteiger partial charge in [-0.1, -0.05) is 18.2 Å². The van der Waals surface area contributed by atoms with E-state index in [0.717, 1.165) is 8.19 Å². The van der Waals surface area contributed by atoms with Gasteiger partial charge in [-0.3, -0.25) is 0 Å². The van der Waals surface area contributed by atoms with E-state index < -0.39 is 0 Å². The van der Waals surface area contributed by atoms with Crippen molar-refractivity contribution in [2.24, 2.45) is 0 Å². The second-order valence-electron chi connectivity index (χ2n) is 1.97. The van der Waals surface area contributed by atoms with Crippen LogP contribution >= 0.6 is 11.2 Å². The molecule has 0 bridgehead atoms. The highest BCUT2D eigenvalue weighted by Gasteiger charge is 1.93. The van der Waals surface area contributed by atoms with Gasteiger partial charge in [0.25, 0.3) is 0 Å². The monoisotopic (exact) mass is 179 g/mol. The first-order valence-electron chi connectivity index (χ1n) is 2.99. The van der Waals surface area contributed by atoms with Crippen LogP contribution in [0.4, 0.5) is 0 Å². The fraction of sp³-hybridized carbons (Fsp3) is 0.143. The summed E-state index contributed by atoms with van der Waals surface area (Å²) in [7, 11) is 4.21. The van der Waals surface area contributed by atoms with E-state index in [2.05, 4.69) is 40.9 Å². The number of rotatable bonds is 2. The normalized spacial score (nSPS) is 9.80. The summed E-state index contributed by atoms with van der Waals surface area (Å²) in [6, 6.07) is 8.42. The first-order chi connectivity index (χ1) is 4.84.